The topological polar surface area (TPSA) is 28.2 Å². The summed E-state index contributed by atoms with van der Waals surface area (Å²) in [5, 5.41) is 3.46. The van der Waals surface area contributed by atoms with Crippen LogP contribution >= 0.6 is 0 Å². The highest BCUT2D eigenvalue weighted by Crippen LogP contribution is 2.12. The van der Waals surface area contributed by atoms with Crippen LogP contribution in [0.3, 0.4) is 0 Å². The number of nitrogens with zero attached hydrogens (tertiary/aromatic N) is 2. The molecule has 1 aromatic rings. The molecular formula is C13H21N3. The molecule has 1 N–H and O–H groups in total. The van der Waals surface area contributed by atoms with Crippen molar-refractivity contribution in [2.24, 2.45) is 0 Å². The van der Waals surface area contributed by atoms with Crippen LogP contribution in [0.15, 0.2) is 24.5 Å². The molecule has 0 aromatic carbocycles. The minimum Gasteiger partial charge on any atom is -0.383 e. The molecule has 1 unspecified atom stereocenters. The van der Waals surface area contributed by atoms with Gasteiger partial charge < -0.3 is 5.32 Å². The molecule has 0 saturated carbocycles. The average Bonchev–Trinajstić information content (AvgIpc) is 2.38. The van der Waals surface area contributed by atoms with Gasteiger partial charge in [-0.25, -0.2) is 0 Å². The Morgan fingerprint density at radius 2 is 1.94 bits per heavy atom. The summed E-state index contributed by atoms with van der Waals surface area (Å²) in [5.74, 6) is 0. The molecule has 1 saturated heterocycles. The normalized spacial score (nSPS) is 19.3. The third-order valence-corrected chi connectivity index (χ3v) is 3.30. The van der Waals surface area contributed by atoms with Gasteiger partial charge in [0, 0.05) is 30.7 Å². The van der Waals surface area contributed by atoms with Crippen LogP contribution < -0.4 is 5.32 Å². The van der Waals surface area contributed by atoms with Gasteiger partial charge >= 0.3 is 0 Å². The van der Waals surface area contributed by atoms with Gasteiger partial charge in [-0.05, 0) is 45.0 Å². The van der Waals surface area contributed by atoms with Crippen LogP contribution in [-0.2, 0) is 0 Å². The quantitative estimate of drug-likeness (QED) is 0.842. The van der Waals surface area contributed by atoms with Crippen molar-refractivity contribution in [1.82, 2.24) is 9.88 Å². The van der Waals surface area contributed by atoms with Crippen LogP contribution in [-0.4, -0.2) is 35.6 Å². The van der Waals surface area contributed by atoms with Crippen molar-refractivity contribution in [3.05, 3.63) is 24.5 Å². The lowest BCUT2D eigenvalue weighted by molar-refractivity contribution is 0.180. The minimum atomic E-state index is 0.619. The van der Waals surface area contributed by atoms with Crippen molar-refractivity contribution in [3.63, 3.8) is 0 Å². The van der Waals surface area contributed by atoms with Crippen molar-refractivity contribution in [2.45, 2.75) is 32.2 Å². The highest BCUT2D eigenvalue weighted by molar-refractivity contribution is 5.40. The number of hydrogen-bond acceptors (Lipinski definition) is 3. The summed E-state index contributed by atoms with van der Waals surface area (Å²) >= 11 is 0. The van der Waals surface area contributed by atoms with E-state index in [1.54, 1.807) is 0 Å². The zero-order chi connectivity index (χ0) is 11.2. The molecule has 0 bridgehead atoms. The highest BCUT2D eigenvalue weighted by Gasteiger charge is 2.15. The molecule has 1 aliphatic rings. The molecule has 0 radical (unpaired) electrons. The van der Waals surface area contributed by atoms with Crippen LogP contribution in [0.1, 0.15) is 26.2 Å². The second-order valence-corrected chi connectivity index (χ2v) is 4.56. The van der Waals surface area contributed by atoms with Crippen LogP contribution in [0.5, 0.6) is 0 Å². The number of hydrogen-bond donors (Lipinski definition) is 1. The first kappa shape index (κ1) is 11.4. The van der Waals surface area contributed by atoms with E-state index in [-0.39, 0.29) is 0 Å². The first-order chi connectivity index (χ1) is 7.86. The Morgan fingerprint density at radius 3 is 2.62 bits per heavy atom. The lowest BCUT2D eigenvalue weighted by Crippen LogP contribution is -2.41. The Kier molecular flexibility index (Phi) is 4.17. The van der Waals surface area contributed by atoms with Crippen molar-refractivity contribution < 1.29 is 0 Å². The molecule has 3 nitrogen and oxygen atoms in total. The Bertz CT molecular complexity index is 293. The van der Waals surface area contributed by atoms with Gasteiger partial charge in [-0.15, -0.1) is 0 Å². The van der Waals surface area contributed by atoms with Gasteiger partial charge in [0.1, 0.15) is 0 Å². The number of aromatic nitrogens is 1. The van der Waals surface area contributed by atoms with E-state index in [4.69, 9.17) is 0 Å². The molecule has 1 fully saturated rings. The molecule has 0 aliphatic carbocycles. The summed E-state index contributed by atoms with van der Waals surface area (Å²) in [4.78, 5) is 6.59. The van der Waals surface area contributed by atoms with E-state index in [1.165, 1.54) is 38.0 Å². The molecule has 2 rings (SSSR count). The van der Waals surface area contributed by atoms with Gasteiger partial charge in [-0.3, -0.25) is 9.88 Å². The number of rotatable bonds is 4. The summed E-state index contributed by atoms with van der Waals surface area (Å²) < 4.78 is 0. The van der Waals surface area contributed by atoms with Crippen molar-refractivity contribution in [3.8, 4) is 0 Å². The van der Waals surface area contributed by atoms with Gasteiger partial charge in [-0.1, -0.05) is 6.42 Å². The summed E-state index contributed by atoms with van der Waals surface area (Å²) in [7, 11) is 0. The third kappa shape index (κ3) is 3.20. The average molecular weight is 219 g/mol. The van der Waals surface area contributed by atoms with E-state index in [0.717, 1.165) is 6.54 Å². The number of likely N-dealkylation sites (tertiary alicyclic amines) is 1. The summed E-state index contributed by atoms with van der Waals surface area (Å²) in [5.41, 5.74) is 1.17. The zero-order valence-corrected chi connectivity index (χ0v) is 10.0. The Labute approximate surface area is 97.9 Å². The van der Waals surface area contributed by atoms with E-state index < -0.39 is 0 Å². The van der Waals surface area contributed by atoms with Crippen molar-refractivity contribution >= 4 is 5.69 Å². The second kappa shape index (κ2) is 5.85. The van der Waals surface area contributed by atoms with E-state index in [9.17, 15) is 0 Å². The fraction of sp³-hybridized carbons (Fsp3) is 0.615. The lowest BCUT2D eigenvalue weighted by Gasteiger charge is -2.32. The maximum Gasteiger partial charge on any atom is 0.0371 e. The van der Waals surface area contributed by atoms with Gasteiger partial charge in [0.25, 0.3) is 0 Å². The molecule has 2 heterocycles. The van der Waals surface area contributed by atoms with E-state index >= 15 is 0 Å². The predicted octanol–water partition coefficient (Wildman–Crippen LogP) is 2.37. The molecule has 0 spiro atoms. The van der Waals surface area contributed by atoms with Crippen molar-refractivity contribution in [1.29, 1.82) is 0 Å². The molecule has 1 atom stereocenters. The Balaban J connectivity index is 1.76. The Hall–Kier alpha value is -1.09. The minimum absolute atomic E-state index is 0.619. The molecule has 88 valence electrons. The van der Waals surface area contributed by atoms with Crippen LogP contribution in [0.4, 0.5) is 5.69 Å². The third-order valence-electron chi connectivity index (χ3n) is 3.30. The van der Waals surface area contributed by atoms with E-state index in [2.05, 4.69) is 22.1 Å². The number of anilines is 1. The lowest BCUT2D eigenvalue weighted by atomic mass is 10.1. The van der Waals surface area contributed by atoms with Gasteiger partial charge in [0.15, 0.2) is 0 Å². The summed E-state index contributed by atoms with van der Waals surface area (Å²) in [6.45, 7) is 5.85. The Morgan fingerprint density at radius 1 is 1.25 bits per heavy atom. The van der Waals surface area contributed by atoms with Crippen LogP contribution in [0, 0.1) is 0 Å². The fourth-order valence-corrected chi connectivity index (χ4v) is 2.22. The molecule has 3 heteroatoms. The molecular weight excluding hydrogens is 198 g/mol. The first-order valence-corrected chi connectivity index (χ1v) is 6.24. The van der Waals surface area contributed by atoms with Crippen LogP contribution in [0.2, 0.25) is 0 Å². The molecule has 0 amide bonds. The maximum atomic E-state index is 4.01. The monoisotopic (exact) mass is 219 g/mol. The predicted molar refractivity (Wildman–Crippen MR) is 67.6 cm³/mol. The second-order valence-electron chi connectivity index (χ2n) is 4.56. The fourth-order valence-electron chi connectivity index (χ4n) is 2.22. The molecule has 1 aromatic heterocycles. The number of nitrogens with one attached hydrogen (secondary N) is 1. The van der Waals surface area contributed by atoms with Gasteiger partial charge in [0.2, 0.25) is 0 Å². The molecule has 1 aliphatic heterocycles. The summed E-state index contributed by atoms with van der Waals surface area (Å²) in [6.07, 6.45) is 7.78. The maximum absolute atomic E-state index is 4.01. The SMILES string of the molecule is CC(CNc1ccncc1)N1CCCCC1. The van der Waals surface area contributed by atoms with Crippen molar-refractivity contribution in [2.75, 3.05) is 25.0 Å². The number of piperidine rings is 1. The smallest absolute Gasteiger partial charge is 0.0371 e. The zero-order valence-electron chi connectivity index (χ0n) is 10.0. The number of pyridine rings is 1. The van der Waals surface area contributed by atoms with E-state index in [0.29, 0.717) is 6.04 Å². The van der Waals surface area contributed by atoms with Gasteiger partial charge in [0.05, 0.1) is 0 Å². The molecule has 16 heavy (non-hydrogen) atoms. The largest absolute Gasteiger partial charge is 0.383 e. The first-order valence-electron chi connectivity index (χ1n) is 6.24. The highest BCUT2D eigenvalue weighted by atomic mass is 15.2. The van der Waals surface area contributed by atoms with Gasteiger partial charge in [-0.2, -0.15) is 0 Å². The summed E-state index contributed by atoms with van der Waals surface area (Å²) in [6, 6.07) is 4.65. The van der Waals surface area contributed by atoms with Crippen LogP contribution in [0.25, 0.3) is 0 Å². The van der Waals surface area contributed by atoms with E-state index in [1.807, 2.05) is 24.5 Å². The standard InChI is InChI=1S/C13H21N3/c1-12(16-9-3-2-4-10-16)11-15-13-5-7-14-8-6-13/h5-8,12H,2-4,9-11H2,1H3,(H,14,15).